The van der Waals surface area contributed by atoms with Crippen LogP contribution in [-0.4, -0.2) is 39.1 Å². The van der Waals surface area contributed by atoms with Gasteiger partial charge in [-0.05, 0) is 51.8 Å². The molecule has 0 aromatic carbocycles. The molecule has 0 radical (unpaired) electrons. The molecule has 1 aliphatic carbocycles. The van der Waals surface area contributed by atoms with Crippen molar-refractivity contribution < 1.29 is 4.79 Å². The zero-order chi connectivity index (χ0) is 14.9. The molecule has 0 N–H and O–H groups in total. The van der Waals surface area contributed by atoms with Gasteiger partial charge in [0.25, 0.3) is 0 Å². The number of hydrogen-bond acceptors (Lipinski definition) is 3. The lowest BCUT2D eigenvalue weighted by atomic mass is 9.85. The summed E-state index contributed by atoms with van der Waals surface area (Å²) in [5, 5.41) is 4.38. The second kappa shape index (κ2) is 5.91. The highest BCUT2D eigenvalue weighted by Gasteiger charge is 2.45. The van der Waals surface area contributed by atoms with Gasteiger partial charge in [0.2, 0.25) is 0 Å². The summed E-state index contributed by atoms with van der Waals surface area (Å²) in [5.41, 5.74) is 1.89. The standard InChI is InChI=1S/C17H27N3O/c1-14-12-15(19(2)18-14)13-16(21)17(8-4-5-9-17)20-10-6-3-7-11-20/h12H,3-11,13H2,1-2H3. The number of aryl methyl sites for hydroxylation is 2. The van der Waals surface area contributed by atoms with E-state index in [1.54, 1.807) is 0 Å². The third kappa shape index (κ3) is 2.78. The minimum atomic E-state index is -0.168. The summed E-state index contributed by atoms with van der Waals surface area (Å²) in [4.78, 5) is 15.6. The minimum absolute atomic E-state index is 0.168. The van der Waals surface area contributed by atoms with Crippen LogP contribution in [0.4, 0.5) is 0 Å². The Balaban J connectivity index is 1.80. The summed E-state index contributed by atoms with van der Waals surface area (Å²) in [5.74, 6) is 0.421. The fourth-order valence-corrected chi connectivity index (χ4v) is 4.21. The van der Waals surface area contributed by atoms with Crippen LogP contribution in [0.1, 0.15) is 56.3 Å². The fourth-order valence-electron chi connectivity index (χ4n) is 4.21. The van der Waals surface area contributed by atoms with Crippen molar-refractivity contribution >= 4 is 5.78 Å². The van der Waals surface area contributed by atoms with Crippen LogP contribution in [0.2, 0.25) is 0 Å². The molecule has 2 fully saturated rings. The van der Waals surface area contributed by atoms with Crippen LogP contribution in [-0.2, 0) is 18.3 Å². The first kappa shape index (κ1) is 14.8. The monoisotopic (exact) mass is 289 g/mol. The molecule has 3 rings (SSSR count). The fraction of sp³-hybridized carbons (Fsp3) is 0.765. The van der Waals surface area contributed by atoms with Crippen LogP contribution < -0.4 is 0 Å². The largest absolute Gasteiger partial charge is 0.297 e. The summed E-state index contributed by atoms with van der Waals surface area (Å²) >= 11 is 0. The average Bonchev–Trinajstić information content (AvgIpc) is 3.08. The zero-order valence-corrected chi connectivity index (χ0v) is 13.4. The second-order valence-electron chi connectivity index (χ2n) is 6.79. The lowest BCUT2D eigenvalue weighted by molar-refractivity contribution is -0.131. The third-order valence-corrected chi connectivity index (χ3v) is 5.35. The summed E-state index contributed by atoms with van der Waals surface area (Å²) in [6.07, 6.45) is 8.87. The number of piperidine rings is 1. The molecule has 1 aromatic rings. The zero-order valence-electron chi connectivity index (χ0n) is 13.4. The first-order valence-corrected chi connectivity index (χ1v) is 8.40. The van der Waals surface area contributed by atoms with Gasteiger partial charge in [-0.2, -0.15) is 5.10 Å². The van der Waals surface area contributed by atoms with Crippen molar-refractivity contribution in [3.63, 3.8) is 0 Å². The normalized spacial score (nSPS) is 22.6. The van der Waals surface area contributed by atoms with Crippen LogP contribution in [0, 0.1) is 6.92 Å². The molecule has 0 amide bonds. The molecule has 1 saturated heterocycles. The van der Waals surface area contributed by atoms with Crippen LogP contribution >= 0.6 is 0 Å². The lowest BCUT2D eigenvalue weighted by Gasteiger charge is -2.42. The molecule has 0 bridgehead atoms. The molecule has 0 atom stereocenters. The average molecular weight is 289 g/mol. The Kier molecular flexibility index (Phi) is 4.16. The number of carbonyl (C=O) groups excluding carboxylic acids is 1. The first-order chi connectivity index (χ1) is 10.1. The quantitative estimate of drug-likeness (QED) is 0.855. The van der Waals surface area contributed by atoms with E-state index in [2.05, 4.69) is 16.1 Å². The van der Waals surface area contributed by atoms with Gasteiger partial charge in [0.05, 0.1) is 17.7 Å². The molecule has 4 nitrogen and oxygen atoms in total. The molecule has 1 saturated carbocycles. The van der Waals surface area contributed by atoms with Gasteiger partial charge in [0.15, 0.2) is 5.78 Å². The summed E-state index contributed by atoms with van der Waals surface area (Å²) in [7, 11) is 1.94. The van der Waals surface area contributed by atoms with Crippen molar-refractivity contribution in [2.45, 2.75) is 63.8 Å². The van der Waals surface area contributed by atoms with Crippen LogP contribution in [0.25, 0.3) is 0 Å². The van der Waals surface area contributed by atoms with Gasteiger partial charge in [-0.1, -0.05) is 19.3 Å². The third-order valence-electron chi connectivity index (χ3n) is 5.35. The van der Waals surface area contributed by atoms with Crippen LogP contribution in [0.15, 0.2) is 6.07 Å². The molecule has 1 aliphatic heterocycles. The number of hydrogen-bond donors (Lipinski definition) is 0. The molecule has 116 valence electrons. The van der Waals surface area contributed by atoms with E-state index < -0.39 is 0 Å². The number of nitrogens with zero attached hydrogens (tertiary/aromatic N) is 3. The number of likely N-dealkylation sites (tertiary alicyclic amines) is 1. The van der Waals surface area contributed by atoms with E-state index >= 15 is 0 Å². The van der Waals surface area contributed by atoms with E-state index in [-0.39, 0.29) is 5.54 Å². The summed E-state index contributed by atoms with van der Waals surface area (Å²) in [6, 6.07) is 2.05. The van der Waals surface area contributed by atoms with E-state index in [0.29, 0.717) is 12.2 Å². The number of ketones is 1. The van der Waals surface area contributed by atoms with Crippen molar-refractivity contribution in [2.75, 3.05) is 13.1 Å². The van der Waals surface area contributed by atoms with E-state index in [1.807, 2.05) is 18.7 Å². The predicted octanol–water partition coefficient (Wildman–Crippen LogP) is 2.64. The summed E-state index contributed by atoms with van der Waals surface area (Å²) < 4.78 is 1.87. The van der Waals surface area contributed by atoms with E-state index in [1.165, 1.54) is 32.1 Å². The van der Waals surface area contributed by atoms with Crippen molar-refractivity contribution in [1.82, 2.24) is 14.7 Å². The van der Waals surface area contributed by atoms with E-state index in [0.717, 1.165) is 37.3 Å². The maximum absolute atomic E-state index is 13.1. The van der Waals surface area contributed by atoms with Crippen molar-refractivity contribution in [2.24, 2.45) is 7.05 Å². The molecule has 2 aliphatic rings. The Morgan fingerprint density at radius 3 is 2.43 bits per heavy atom. The van der Waals surface area contributed by atoms with Gasteiger partial charge in [-0.15, -0.1) is 0 Å². The Hall–Kier alpha value is -1.16. The Morgan fingerprint density at radius 2 is 1.86 bits per heavy atom. The van der Waals surface area contributed by atoms with Crippen molar-refractivity contribution in [3.05, 3.63) is 17.5 Å². The van der Waals surface area contributed by atoms with Crippen molar-refractivity contribution in [3.8, 4) is 0 Å². The highest BCUT2D eigenvalue weighted by Crippen LogP contribution is 2.38. The van der Waals surface area contributed by atoms with Crippen LogP contribution in [0.5, 0.6) is 0 Å². The first-order valence-electron chi connectivity index (χ1n) is 8.40. The van der Waals surface area contributed by atoms with Crippen LogP contribution in [0.3, 0.4) is 0 Å². The summed E-state index contributed by atoms with van der Waals surface area (Å²) in [6.45, 7) is 4.20. The van der Waals surface area contributed by atoms with E-state index in [9.17, 15) is 4.79 Å². The highest BCUT2D eigenvalue weighted by molar-refractivity contribution is 5.90. The molecule has 0 spiro atoms. The Morgan fingerprint density at radius 1 is 1.19 bits per heavy atom. The second-order valence-corrected chi connectivity index (χ2v) is 6.79. The maximum atomic E-state index is 13.1. The molecular weight excluding hydrogens is 262 g/mol. The number of Topliss-reactive ketones (excluding diaryl/α,β-unsaturated/α-hetero) is 1. The smallest absolute Gasteiger partial charge is 0.158 e. The minimum Gasteiger partial charge on any atom is -0.297 e. The SMILES string of the molecule is Cc1cc(CC(=O)C2(N3CCCCC3)CCCC2)n(C)n1. The van der Waals surface area contributed by atoms with Crippen molar-refractivity contribution in [1.29, 1.82) is 0 Å². The number of carbonyl (C=O) groups is 1. The molecule has 21 heavy (non-hydrogen) atoms. The molecule has 2 heterocycles. The highest BCUT2D eigenvalue weighted by atomic mass is 16.1. The topological polar surface area (TPSA) is 38.1 Å². The molecule has 0 unspecified atom stereocenters. The molecule has 4 heteroatoms. The van der Waals surface area contributed by atoms with Gasteiger partial charge < -0.3 is 0 Å². The Bertz CT molecular complexity index is 508. The van der Waals surface area contributed by atoms with E-state index in [4.69, 9.17) is 0 Å². The number of aromatic nitrogens is 2. The van der Waals surface area contributed by atoms with Gasteiger partial charge in [-0.3, -0.25) is 14.4 Å². The lowest BCUT2D eigenvalue weighted by Crippen LogP contribution is -2.55. The molecular formula is C17H27N3O. The van der Waals surface area contributed by atoms with Gasteiger partial charge in [0, 0.05) is 12.7 Å². The van der Waals surface area contributed by atoms with Gasteiger partial charge in [-0.25, -0.2) is 0 Å². The van der Waals surface area contributed by atoms with Gasteiger partial charge in [0.1, 0.15) is 0 Å². The predicted molar refractivity (Wildman–Crippen MR) is 83.3 cm³/mol. The maximum Gasteiger partial charge on any atom is 0.158 e. The van der Waals surface area contributed by atoms with Gasteiger partial charge >= 0.3 is 0 Å². The number of rotatable bonds is 4. The Labute approximate surface area is 127 Å². The molecule has 1 aromatic heterocycles.